The lowest BCUT2D eigenvalue weighted by atomic mass is 9.87. The number of carbonyl (C=O) groups is 4. The number of nitrogens with one attached hydrogen (secondary N) is 1. The Bertz CT molecular complexity index is 2580. The minimum atomic E-state index is -9.00. The zero-order chi connectivity index (χ0) is 52.3. The molecule has 0 radical (unpaired) electrons. The van der Waals surface area contributed by atoms with Gasteiger partial charge in [0.25, 0.3) is 0 Å². The maximum Gasteiger partial charge on any atom is 0.410 e. The van der Waals surface area contributed by atoms with Gasteiger partial charge in [0.2, 0.25) is 0 Å². The number of nitrogens with zero attached hydrogens (tertiary/aromatic N) is 5. The zero-order valence-electron chi connectivity index (χ0n) is 33.0. The highest BCUT2D eigenvalue weighted by molar-refractivity contribution is 5.80. The molecule has 0 fully saturated rings. The number of aromatic amines is 1. The summed E-state index contributed by atoms with van der Waals surface area (Å²) in [7, 11) is 0.671. The summed E-state index contributed by atoms with van der Waals surface area (Å²) >= 11 is 0. The van der Waals surface area contributed by atoms with E-state index in [1.54, 1.807) is 4.98 Å². The molecule has 37 heteroatoms. The number of ether oxygens (including phenoxy) is 4. The normalized spacial score (nSPS) is 13.3. The highest BCUT2D eigenvalue weighted by Crippen LogP contribution is 2.64. The molecular formula is C30H28F16N6O15. The molecule has 380 valence electrons. The minimum Gasteiger partial charge on any atom is -0.469 e. The smallest absolute Gasteiger partial charge is 0.410 e. The van der Waals surface area contributed by atoms with Crippen LogP contribution < -0.4 is 34.1 Å². The van der Waals surface area contributed by atoms with Crippen LogP contribution in [0, 0.1) is 0 Å². The second kappa shape index (κ2) is 19.8. The topological polar surface area (TPSA) is 268 Å². The van der Waals surface area contributed by atoms with E-state index in [9.17, 15) is 123 Å². The summed E-state index contributed by atoms with van der Waals surface area (Å²) in [5.41, 5.74) is -9.42. The molecule has 0 aliphatic carbocycles. The molecule has 0 amide bonds. The Hall–Kier alpha value is -6.46. The summed E-state index contributed by atoms with van der Waals surface area (Å²) < 4.78 is 241. The monoisotopic (exact) mass is 1020 g/mol. The number of H-pyrrole nitrogens is 1. The molecule has 2 aromatic heterocycles. The van der Waals surface area contributed by atoms with Crippen LogP contribution in [0.15, 0.2) is 28.8 Å². The summed E-state index contributed by atoms with van der Waals surface area (Å²) in [4.78, 5) is 123. The first-order chi connectivity index (χ1) is 30.4. The zero-order valence-corrected chi connectivity index (χ0v) is 33.0. The number of aliphatic hydroxyl groups is 1. The van der Waals surface area contributed by atoms with Crippen molar-refractivity contribution >= 4 is 23.9 Å². The van der Waals surface area contributed by atoms with Gasteiger partial charge in [0, 0.05) is 13.1 Å². The average molecular weight is 1020 g/mol. The third-order valence-corrected chi connectivity index (χ3v) is 8.77. The fourth-order valence-electron chi connectivity index (χ4n) is 5.02. The first kappa shape index (κ1) is 56.7. The Kier molecular flexibility index (Phi) is 16.7. The maximum atomic E-state index is 14.4. The largest absolute Gasteiger partial charge is 0.469 e. The number of aliphatic hydroxyl groups excluding tert-OH is 1. The molecule has 0 aliphatic rings. The van der Waals surface area contributed by atoms with Crippen LogP contribution in [-0.4, -0.2) is 138 Å². The molecule has 0 atom stereocenters. The Morgan fingerprint density at radius 1 is 0.448 bits per heavy atom. The molecular weight excluding hydrogens is 988 g/mol. The van der Waals surface area contributed by atoms with Crippen molar-refractivity contribution < 1.29 is 113 Å². The Morgan fingerprint density at radius 2 is 0.776 bits per heavy atom. The lowest BCUT2D eigenvalue weighted by molar-refractivity contribution is -0.449. The van der Waals surface area contributed by atoms with Crippen LogP contribution in [0.2, 0.25) is 0 Å². The number of carbonyl (C=O) groups excluding carboxylic acids is 4. The summed E-state index contributed by atoms with van der Waals surface area (Å²) in [6.07, 6.45) is -1.41. The van der Waals surface area contributed by atoms with Gasteiger partial charge in [0.05, 0.1) is 53.3 Å². The van der Waals surface area contributed by atoms with Crippen LogP contribution in [0.25, 0.3) is 0 Å². The van der Waals surface area contributed by atoms with E-state index >= 15 is 0 Å². The number of esters is 4. The average Bonchev–Trinajstić information content (AvgIpc) is 3.23. The first-order valence-electron chi connectivity index (χ1n) is 17.4. The Morgan fingerprint density at radius 3 is 1.15 bits per heavy atom. The molecule has 0 bridgehead atoms. The van der Waals surface area contributed by atoms with E-state index in [4.69, 9.17) is 4.74 Å². The molecule has 0 aliphatic heterocycles. The van der Waals surface area contributed by atoms with Crippen LogP contribution in [0.1, 0.15) is 12.8 Å². The molecule has 21 nitrogen and oxygen atoms in total. The molecule has 0 spiro atoms. The van der Waals surface area contributed by atoms with Gasteiger partial charge in [-0.3, -0.25) is 14.6 Å². The molecule has 2 N–H and O–H groups in total. The fourth-order valence-corrected chi connectivity index (χ4v) is 5.02. The van der Waals surface area contributed by atoms with Crippen LogP contribution in [-0.2, 0) is 70.8 Å². The molecule has 0 saturated carbocycles. The van der Waals surface area contributed by atoms with Crippen LogP contribution in [0.3, 0.4) is 0 Å². The number of halogens is 16. The molecule has 67 heavy (non-hydrogen) atoms. The first-order valence-corrected chi connectivity index (χ1v) is 17.4. The summed E-state index contributed by atoms with van der Waals surface area (Å²) in [5, 5.41) is 9.23. The van der Waals surface area contributed by atoms with Gasteiger partial charge in [-0.25, -0.2) is 61.2 Å². The van der Waals surface area contributed by atoms with E-state index in [1.807, 2.05) is 0 Å². The molecule has 0 aromatic carbocycles. The fraction of sp³-hybridized carbons (Fsp3) is 0.667. The summed E-state index contributed by atoms with van der Waals surface area (Å²) in [6, 6.07) is 0. The summed E-state index contributed by atoms with van der Waals surface area (Å²) in [5.74, 6) is -77.6. The van der Waals surface area contributed by atoms with E-state index < -0.39 is 171 Å². The second-order valence-electron chi connectivity index (χ2n) is 12.9. The number of hydrogen-bond acceptors (Lipinski definition) is 15. The predicted octanol–water partition coefficient (Wildman–Crippen LogP) is -0.829. The van der Waals surface area contributed by atoms with Crippen molar-refractivity contribution in [3.63, 3.8) is 0 Å². The van der Waals surface area contributed by atoms with Gasteiger partial charge in [-0.1, -0.05) is 0 Å². The number of aromatic nitrogens is 6. The van der Waals surface area contributed by atoms with Gasteiger partial charge in [0.15, 0.2) is 0 Å². The highest BCUT2D eigenvalue weighted by atomic mass is 19.4. The van der Waals surface area contributed by atoms with Crippen molar-refractivity contribution in [1.82, 2.24) is 27.8 Å². The lowest BCUT2D eigenvalue weighted by Crippen LogP contribution is -2.75. The molecule has 2 rings (SSSR count). The number of rotatable bonds is 23. The van der Waals surface area contributed by atoms with Gasteiger partial charge in [0.1, 0.15) is 13.2 Å². The molecule has 2 aromatic rings. The van der Waals surface area contributed by atoms with Crippen LogP contribution in [0.4, 0.5) is 70.2 Å². The number of methoxy groups -OCH3 is 2. The number of alkyl halides is 16. The van der Waals surface area contributed by atoms with Crippen molar-refractivity contribution in [3.05, 3.63) is 62.9 Å². The van der Waals surface area contributed by atoms with Gasteiger partial charge in [-0.2, -0.15) is 70.2 Å². The van der Waals surface area contributed by atoms with Crippen molar-refractivity contribution in [2.75, 3.05) is 34.0 Å². The van der Waals surface area contributed by atoms with E-state index in [-0.39, 0.29) is 20.8 Å². The quantitative estimate of drug-likeness (QED) is 0.0782. The third-order valence-electron chi connectivity index (χ3n) is 8.77. The molecule has 2 heterocycles. The number of hydrogen-bond donors (Lipinski definition) is 2. The predicted molar refractivity (Wildman–Crippen MR) is 177 cm³/mol. The van der Waals surface area contributed by atoms with Gasteiger partial charge in [-0.15, -0.1) is 0 Å². The Labute approximate surface area is 355 Å². The van der Waals surface area contributed by atoms with E-state index in [0.717, 1.165) is 7.11 Å². The van der Waals surface area contributed by atoms with Crippen molar-refractivity contribution in [1.29, 1.82) is 0 Å². The lowest BCUT2D eigenvalue weighted by Gasteiger charge is -2.42. The second-order valence-corrected chi connectivity index (χ2v) is 12.9. The SMILES string of the molecule is COC(=O)CCn1c(=O)[nH]c(=O)n(CCC(=O)OCCn2c(=O)n(CCO)c(=O)n(CCOC(=O)C(F)(F)C(F)(F)C(F)(F)C(F)(F)C(F)(F)C(F)(F)C(F)(F)C(F)(F)C(=O)OC)c2=O)c1=O. The van der Waals surface area contributed by atoms with E-state index in [2.05, 4.69) is 14.2 Å². The van der Waals surface area contributed by atoms with Crippen molar-refractivity contribution in [2.24, 2.45) is 0 Å². The summed E-state index contributed by atoms with van der Waals surface area (Å²) in [6.45, 7) is -9.73. The minimum absolute atomic E-state index is 0.0647. The molecule has 0 unspecified atom stereocenters. The van der Waals surface area contributed by atoms with Crippen molar-refractivity contribution in [2.45, 2.75) is 92.9 Å². The maximum absolute atomic E-state index is 14.4. The van der Waals surface area contributed by atoms with E-state index in [1.165, 1.54) is 0 Å². The Balaban J connectivity index is 2.35. The van der Waals surface area contributed by atoms with Crippen LogP contribution in [0.5, 0.6) is 0 Å². The van der Waals surface area contributed by atoms with Crippen molar-refractivity contribution in [3.8, 4) is 0 Å². The van der Waals surface area contributed by atoms with Gasteiger partial charge in [-0.05, 0) is 0 Å². The standard InChI is InChI=1S/C30H28F16N6O15/c1-64-13(54)3-5-48-17(58)47-18(59)49(19(48)60)6-4-14(55)66-11-8-51-20(61)50(7-10-53)21(62)52(22(51)63)9-12-67-16(57)24(33,34)26(37,38)28(41,42)30(45,46)29(43,44)27(39,40)25(35,36)23(31,32)15(56)65-2/h53H,3-12H2,1-2H3,(H,47,58,59). The van der Waals surface area contributed by atoms with E-state index in [0.29, 0.717) is 9.13 Å². The van der Waals surface area contributed by atoms with Gasteiger partial charge >= 0.3 is 105 Å². The highest BCUT2D eigenvalue weighted by Gasteiger charge is 2.96. The van der Waals surface area contributed by atoms with Crippen LogP contribution >= 0.6 is 0 Å². The third kappa shape index (κ3) is 9.84. The molecule has 0 saturated heterocycles. The van der Waals surface area contributed by atoms with Gasteiger partial charge < -0.3 is 24.1 Å².